The number of Topliss-reactive ketones (excluding diaryl/α,β-unsaturated/α-hetero) is 1. The van der Waals surface area contributed by atoms with Gasteiger partial charge in [0, 0.05) is 6.42 Å². The van der Waals surface area contributed by atoms with Crippen molar-refractivity contribution in [3.05, 3.63) is 30.3 Å². The fourth-order valence-electron chi connectivity index (χ4n) is 1.57. The van der Waals surface area contributed by atoms with E-state index < -0.39 is 15.6 Å². The number of hydrogen-bond donors (Lipinski definition) is 0. The maximum atomic E-state index is 11.9. The molecule has 0 amide bonds. The molecule has 4 heteroatoms. The summed E-state index contributed by atoms with van der Waals surface area (Å²) < 4.78 is 23.8. The minimum Gasteiger partial charge on any atom is -0.299 e. The standard InChI is InChI=1S/C13H18O3S/c1-13(2,3)9-11(14)10-17(15,16)12-7-5-4-6-8-12/h4-8H,9-10H2,1-3H3. The summed E-state index contributed by atoms with van der Waals surface area (Å²) in [7, 11) is -3.48. The molecule has 0 bridgehead atoms. The zero-order valence-electron chi connectivity index (χ0n) is 10.4. The van der Waals surface area contributed by atoms with E-state index in [0.717, 1.165) is 0 Å². The van der Waals surface area contributed by atoms with Crippen LogP contribution in [0.1, 0.15) is 27.2 Å². The zero-order chi connectivity index (χ0) is 13.1. The van der Waals surface area contributed by atoms with Crippen molar-refractivity contribution in [3.8, 4) is 0 Å². The van der Waals surface area contributed by atoms with Gasteiger partial charge < -0.3 is 0 Å². The number of ketones is 1. The van der Waals surface area contributed by atoms with Crippen molar-refractivity contribution < 1.29 is 13.2 Å². The van der Waals surface area contributed by atoms with Gasteiger partial charge in [0.2, 0.25) is 0 Å². The summed E-state index contributed by atoms with van der Waals surface area (Å²) in [4.78, 5) is 11.9. The molecule has 1 rings (SSSR count). The molecule has 3 nitrogen and oxygen atoms in total. The molecule has 0 saturated carbocycles. The Kier molecular flexibility index (Phi) is 4.09. The molecule has 0 atom stereocenters. The third-order valence-corrected chi connectivity index (χ3v) is 3.87. The monoisotopic (exact) mass is 254 g/mol. The number of rotatable bonds is 4. The Bertz CT molecular complexity index is 481. The second-order valence-corrected chi connectivity index (χ2v) is 7.34. The quantitative estimate of drug-likeness (QED) is 0.829. The molecule has 0 spiro atoms. The molecule has 1 aromatic carbocycles. The Morgan fingerprint density at radius 1 is 1.12 bits per heavy atom. The fourth-order valence-corrected chi connectivity index (χ4v) is 2.83. The van der Waals surface area contributed by atoms with Crippen LogP contribution in [0.15, 0.2) is 35.2 Å². The smallest absolute Gasteiger partial charge is 0.185 e. The Morgan fingerprint density at radius 3 is 2.12 bits per heavy atom. The van der Waals surface area contributed by atoms with Crippen LogP contribution >= 0.6 is 0 Å². The van der Waals surface area contributed by atoms with Gasteiger partial charge in [0.15, 0.2) is 9.84 Å². The number of carbonyl (C=O) groups excluding carboxylic acids is 1. The summed E-state index contributed by atoms with van der Waals surface area (Å²) in [6, 6.07) is 8.08. The second kappa shape index (κ2) is 5.00. The maximum Gasteiger partial charge on any atom is 0.185 e. The van der Waals surface area contributed by atoms with Crippen LogP contribution in [0.25, 0.3) is 0 Å². The largest absolute Gasteiger partial charge is 0.299 e. The number of sulfone groups is 1. The van der Waals surface area contributed by atoms with Crippen molar-refractivity contribution in [2.24, 2.45) is 5.41 Å². The number of benzene rings is 1. The second-order valence-electron chi connectivity index (χ2n) is 5.35. The molecule has 0 saturated heterocycles. The van der Waals surface area contributed by atoms with Crippen LogP contribution in [0, 0.1) is 5.41 Å². The van der Waals surface area contributed by atoms with E-state index in [1.54, 1.807) is 18.2 Å². The van der Waals surface area contributed by atoms with Gasteiger partial charge in [0.05, 0.1) is 4.90 Å². The normalized spacial score (nSPS) is 12.4. The molecular weight excluding hydrogens is 236 g/mol. The van der Waals surface area contributed by atoms with Gasteiger partial charge >= 0.3 is 0 Å². The lowest BCUT2D eigenvalue weighted by atomic mass is 9.90. The first-order chi connectivity index (χ1) is 7.71. The third kappa shape index (κ3) is 4.69. The zero-order valence-corrected chi connectivity index (χ0v) is 11.3. The Hall–Kier alpha value is -1.16. The molecule has 0 fully saturated rings. The highest BCUT2D eigenvalue weighted by Gasteiger charge is 2.22. The molecule has 0 aliphatic rings. The van der Waals surface area contributed by atoms with Crippen LogP contribution in [0.4, 0.5) is 0 Å². The first kappa shape index (κ1) is 13.9. The van der Waals surface area contributed by atoms with Crippen molar-refractivity contribution in [1.29, 1.82) is 0 Å². The third-order valence-electron chi connectivity index (χ3n) is 2.18. The molecule has 0 aromatic heterocycles. The van der Waals surface area contributed by atoms with E-state index in [2.05, 4.69) is 0 Å². The molecule has 0 heterocycles. The van der Waals surface area contributed by atoms with Crippen LogP contribution in [-0.4, -0.2) is 20.0 Å². The van der Waals surface area contributed by atoms with Crippen LogP contribution in [0.5, 0.6) is 0 Å². The average molecular weight is 254 g/mol. The maximum absolute atomic E-state index is 11.9. The van der Waals surface area contributed by atoms with Gasteiger partial charge in [0.25, 0.3) is 0 Å². The summed E-state index contributed by atoms with van der Waals surface area (Å²) in [5, 5.41) is 0. The molecule has 0 aliphatic heterocycles. The van der Waals surface area contributed by atoms with Gasteiger partial charge in [-0.25, -0.2) is 8.42 Å². The molecule has 17 heavy (non-hydrogen) atoms. The average Bonchev–Trinajstić information content (AvgIpc) is 2.15. The van der Waals surface area contributed by atoms with Crippen LogP contribution < -0.4 is 0 Å². The predicted molar refractivity (Wildman–Crippen MR) is 67.6 cm³/mol. The first-order valence-electron chi connectivity index (χ1n) is 5.50. The highest BCUT2D eigenvalue weighted by Crippen LogP contribution is 2.20. The van der Waals surface area contributed by atoms with Gasteiger partial charge in [-0.3, -0.25) is 4.79 Å². The lowest BCUT2D eigenvalue weighted by molar-refractivity contribution is -0.118. The molecular formula is C13H18O3S. The fraction of sp³-hybridized carbons (Fsp3) is 0.462. The van der Waals surface area contributed by atoms with Gasteiger partial charge in [0.1, 0.15) is 11.5 Å². The Morgan fingerprint density at radius 2 is 1.65 bits per heavy atom. The van der Waals surface area contributed by atoms with Crippen molar-refractivity contribution in [1.82, 2.24) is 0 Å². The van der Waals surface area contributed by atoms with Crippen LogP contribution in [0.3, 0.4) is 0 Å². The van der Waals surface area contributed by atoms with E-state index in [0.29, 0.717) is 0 Å². The topological polar surface area (TPSA) is 51.2 Å². The van der Waals surface area contributed by atoms with E-state index in [-0.39, 0.29) is 22.5 Å². The van der Waals surface area contributed by atoms with Crippen LogP contribution in [0.2, 0.25) is 0 Å². The lowest BCUT2D eigenvalue weighted by Crippen LogP contribution is -2.21. The van der Waals surface area contributed by atoms with E-state index in [1.807, 2.05) is 20.8 Å². The van der Waals surface area contributed by atoms with Gasteiger partial charge in [-0.05, 0) is 17.5 Å². The van der Waals surface area contributed by atoms with Crippen LogP contribution in [-0.2, 0) is 14.6 Å². The van der Waals surface area contributed by atoms with E-state index in [1.165, 1.54) is 12.1 Å². The number of carbonyl (C=O) groups is 1. The Balaban J connectivity index is 2.79. The Labute approximate surface area is 103 Å². The van der Waals surface area contributed by atoms with E-state index >= 15 is 0 Å². The summed E-state index contributed by atoms with van der Waals surface area (Å²) in [5.41, 5.74) is -0.177. The minimum atomic E-state index is -3.48. The number of hydrogen-bond acceptors (Lipinski definition) is 3. The SMILES string of the molecule is CC(C)(C)CC(=O)CS(=O)(=O)c1ccccc1. The molecule has 0 N–H and O–H groups in total. The highest BCUT2D eigenvalue weighted by atomic mass is 32.2. The summed E-state index contributed by atoms with van der Waals surface area (Å²) in [6.07, 6.45) is 0.277. The molecule has 0 radical (unpaired) electrons. The lowest BCUT2D eigenvalue weighted by Gasteiger charge is -2.16. The van der Waals surface area contributed by atoms with E-state index in [4.69, 9.17) is 0 Å². The van der Waals surface area contributed by atoms with E-state index in [9.17, 15) is 13.2 Å². The highest BCUT2D eigenvalue weighted by molar-refractivity contribution is 7.92. The minimum absolute atomic E-state index is 0.177. The summed E-state index contributed by atoms with van der Waals surface area (Å²) in [6.45, 7) is 5.75. The van der Waals surface area contributed by atoms with Gasteiger partial charge in [-0.1, -0.05) is 39.0 Å². The van der Waals surface area contributed by atoms with Crippen molar-refractivity contribution in [2.45, 2.75) is 32.1 Å². The van der Waals surface area contributed by atoms with Crippen molar-refractivity contribution >= 4 is 15.6 Å². The molecule has 0 unspecified atom stereocenters. The molecule has 94 valence electrons. The van der Waals surface area contributed by atoms with Crippen molar-refractivity contribution in [3.63, 3.8) is 0 Å². The van der Waals surface area contributed by atoms with Gasteiger partial charge in [-0.15, -0.1) is 0 Å². The molecule has 0 aliphatic carbocycles. The summed E-state index contributed by atoms with van der Waals surface area (Å²) >= 11 is 0. The van der Waals surface area contributed by atoms with Crippen molar-refractivity contribution in [2.75, 3.05) is 5.75 Å². The molecule has 1 aromatic rings. The van der Waals surface area contributed by atoms with Gasteiger partial charge in [-0.2, -0.15) is 0 Å². The predicted octanol–water partition coefficient (Wildman–Crippen LogP) is 2.47. The first-order valence-corrected chi connectivity index (χ1v) is 7.15. The summed E-state index contributed by atoms with van der Waals surface area (Å²) in [5.74, 6) is -0.643.